The topological polar surface area (TPSA) is 42.1 Å². The van der Waals surface area contributed by atoms with Crippen LogP contribution in [-0.2, 0) is 6.42 Å². The number of rotatable bonds is 4. The maximum absolute atomic E-state index is 6.04. The van der Waals surface area contributed by atoms with Gasteiger partial charge in [-0.05, 0) is 42.7 Å². The van der Waals surface area contributed by atoms with Crippen LogP contribution < -0.4 is 10.6 Å². The molecule has 0 aliphatic carbocycles. The molecule has 18 heavy (non-hydrogen) atoms. The Labute approximate surface area is 108 Å². The Morgan fingerprint density at radius 2 is 1.89 bits per heavy atom. The van der Waals surface area contributed by atoms with E-state index in [4.69, 9.17) is 5.73 Å². The van der Waals surface area contributed by atoms with Gasteiger partial charge >= 0.3 is 0 Å². The molecular formula is C15H19N3. The minimum absolute atomic E-state index is 0.840. The Bertz CT molecular complexity index is 488. The van der Waals surface area contributed by atoms with E-state index in [2.05, 4.69) is 42.1 Å². The van der Waals surface area contributed by atoms with Gasteiger partial charge < -0.3 is 10.6 Å². The zero-order valence-electron chi connectivity index (χ0n) is 10.9. The van der Waals surface area contributed by atoms with E-state index in [9.17, 15) is 0 Å². The molecule has 2 N–H and O–H groups in total. The van der Waals surface area contributed by atoms with E-state index >= 15 is 0 Å². The van der Waals surface area contributed by atoms with Gasteiger partial charge in [-0.3, -0.25) is 4.98 Å². The molecule has 3 heteroatoms. The van der Waals surface area contributed by atoms with Crippen molar-refractivity contribution in [1.82, 2.24) is 4.98 Å². The molecule has 2 aromatic rings. The number of nitrogens with two attached hydrogens (primary N) is 1. The lowest BCUT2D eigenvalue weighted by Gasteiger charge is -2.23. The number of hydrogen-bond donors (Lipinski definition) is 1. The van der Waals surface area contributed by atoms with Crippen LogP contribution in [0.2, 0.25) is 0 Å². The van der Waals surface area contributed by atoms with Crippen LogP contribution in [0.25, 0.3) is 0 Å². The minimum Gasteiger partial charge on any atom is -0.397 e. The quantitative estimate of drug-likeness (QED) is 0.837. The zero-order chi connectivity index (χ0) is 13.0. The summed E-state index contributed by atoms with van der Waals surface area (Å²) < 4.78 is 0. The van der Waals surface area contributed by atoms with E-state index in [1.54, 1.807) is 0 Å². The Hall–Kier alpha value is -2.03. The van der Waals surface area contributed by atoms with Crippen molar-refractivity contribution in [3.63, 3.8) is 0 Å². The number of benzene rings is 1. The van der Waals surface area contributed by atoms with Crippen molar-refractivity contribution in [2.24, 2.45) is 0 Å². The van der Waals surface area contributed by atoms with Crippen LogP contribution in [0.3, 0.4) is 0 Å². The van der Waals surface area contributed by atoms with Gasteiger partial charge in [0.1, 0.15) is 0 Å². The Morgan fingerprint density at radius 3 is 2.56 bits per heavy atom. The molecule has 94 valence electrons. The van der Waals surface area contributed by atoms with E-state index in [0.29, 0.717) is 0 Å². The van der Waals surface area contributed by atoms with Gasteiger partial charge in [0.25, 0.3) is 0 Å². The van der Waals surface area contributed by atoms with Crippen molar-refractivity contribution in [3.05, 3.63) is 53.9 Å². The molecule has 0 aliphatic heterocycles. The third-order valence-electron chi connectivity index (χ3n) is 3.14. The average Bonchev–Trinajstić information content (AvgIpc) is 2.37. The van der Waals surface area contributed by atoms with Crippen LogP contribution in [-0.4, -0.2) is 18.6 Å². The smallest absolute Gasteiger partial charge is 0.0627 e. The van der Waals surface area contributed by atoms with Gasteiger partial charge in [0.15, 0.2) is 0 Å². The fourth-order valence-electron chi connectivity index (χ4n) is 2.16. The van der Waals surface area contributed by atoms with Crippen molar-refractivity contribution < 1.29 is 0 Å². The van der Waals surface area contributed by atoms with E-state index in [1.807, 2.05) is 24.5 Å². The monoisotopic (exact) mass is 241 g/mol. The second kappa shape index (κ2) is 5.54. The number of likely N-dealkylation sites (N-methyl/N-ethyl adjacent to an activating group) is 1. The first kappa shape index (κ1) is 12.4. The highest BCUT2D eigenvalue weighted by molar-refractivity contribution is 5.71. The molecule has 0 spiro atoms. The normalized spacial score (nSPS) is 10.3. The van der Waals surface area contributed by atoms with Crippen LogP contribution in [0.4, 0.5) is 11.4 Å². The second-order valence-electron chi connectivity index (χ2n) is 4.54. The number of nitrogens with zero attached hydrogens (tertiary/aromatic N) is 2. The lowest BCUT2D eigenvalue weighted by atomic mass is 10.1. The predicted octanol–water partition coefficient (Wildman–Crippen LogP) is 2.65. The van der Waals surface area contributed by atoms with Gasteiger partial charge in [0.2, 0.25) is 0 Å². The maximum Gasteiger partial charge on any atom is 0.0627 e. The Kier molecular flexibility index (Phi) is 3.82. The summed E-state index contributed by atoms with van der Waals surface area (Å²) in [5.74, 6) is 0. The van der Waals surface area contributed by atoms with Crippen molar-refractivity contribution in [1.29, 1.82) is 0 Å². The number of nitrogen functional groups attached to an aromatic ring is 1. The summed E-state index contributed by atoms with van der Waals surface area (Å²) in [5.41, 5.74) is 10.5. The first-order valence-corrected chi connectivity index (χ1v) is 6.13. The first-order valence-electron chi connectivity index (χ1n) is 6.13. The lowest BCUT2D eigenvalue weighted by molar-refractivity contribution is 0.872. The average molecular weight is 241 g/mol. The molecule has 0 saturated carbocycles. The summed E-state index contributed by atoms with van der Waals surface area (Å²) in [5, 5.41) is 0. The SMILES string of the molecule is Cc1cccc(N)c1N(C)CCc1ccncc1. The van der Waals surface area contributed by atoms with Crippen LogP contribution >= 0.6 is 0 Å². The standard InChI is InChI=1S/C15H19N3/c1-12-4-3-5-14(16)15(12)18(2)11-8-13-6-9-17-10-7-13/h3-7,9-10H,8,11,16H2,1-2H3. The number of pyridine rings is 1. The zero-order valence-corrected chi connectivity index (χ0v) is 10.9. The van der Waals surface area contributed by atoms with E-state index in [-0.39, 0.29) is 0 Å². The molecular weight excluding hydrogens is 222 g/mol. The van der Waals surface area contributed by atoms with Crippen molar-refractivity contribution in [3.8, 4) is 0 Å². The molecule has 3 nitrogen and oxygen atoms in total. The molecule has 2 rings (SSSR count). The Balaban J connectivity index is 2.06. The highest BCUT2D eigenvalue weighted by Gasteiger charge is 2.08. The molecule has 0 radical (unpaired) electrons. The fraction of sp³-hybridized carbons (Fsp3) is 0.267. The van der Waals surface area contributed by atoms with Crippen molar-refractivity contribution in [2.45, 2.75) is 13.3 Å². The number of aromatic nitrogens is 1. The fourth-order valence-corrected chi connectivity index (χ4v) is 2.16. The van der Waals surface area contributed by atoms with Crippen LogP contribution in [0.15, 0.2) is 42.7 Å². The molecule has 0 fully saturated rings. The second-order valence-corrected chi connectivity index (χ2v) is 4.54. The number of para-hydroxylation sites is 1. The van der Waals surface area contributed by atoms with Crippen molar-refractivity contribution in [2.75, 3.05) is 24.2 Å². The van der Waals surface area contributed by atoms with Crippen molar-refractivity contribution >= 4 is 11.4 Å². The van der Waals surface area contributed by atoms with E-state index < -0.39 is 0 Å². The highest BCUT2D eigenvalue weighted by atomic mass is 15.1. The van der Waals surface area contributed by atoms with Gasteiger partial charge in [-0.25, -0.2) is 0 Å². The summed E-state index contributed by atoms with van der Waals surface area (Å²) in [6, 6.07) is 10.1. The molecule has 0 saturated heterocycles. The Morgan fingerprint density at radius 1 is 1.17 bits per heavy atom. The molecule has 0 aliphatic rings. The van der Waals surface area contributed by atoms with E-state index in [1.165, 1.54) is 11.1 Å². The van der Waals surface area contributed by atoms with Crippen LogP contribution in [0.5, 0.6) is 0 Å². The summed E-state index contributed by atoms with van der Waals surface area (Å²) in [6.07, 6.45) is 4.65. The molecule has 1 heterocycles. The minimum atomic E-state index is 0.840. The largest absolute Gasteiger partial charge is 0.397 e. The highest BCUT2D eigenvalue weighted by Crippen LogP contribution is 2.26. The predicted molar refractivity (Wildman–Crippen MR) is 76.8 cm³/mol. The summed E-state index contributed by atoms with van der Waals surface area (Å²) >= 11 is 0. The van der Waals surface area contributed by atoms with Gasteiger partial charge in [-0.1, -0.05) is 12.1 Å². The van der Waals surface area contributed by atoms with Gasteiger partial charge in [0, 0.05) is 26.0 Å². The van der Waals surface area contributed by atoms with Gasteiger partial charge in [0.05, 0.1) is 11.4 Å². The number of hydrogen-bond acceptors (Lipinski definition) is 3. The van der Waals surface area contributed by atoms with E-state index in [0.717, 1.165) is 24.3 Å². The molecule has 1 aromatic heterocycles. The lowest BCUT2D eigenvalue weighted by Crippen LogP contribution is -2.22. The first-order chi connectivity index (χ1) is 8.68. The molecule has 0 bridgehead atoms. The van der Waals surface area contributed by atoms with Crippen LogP contribution in [0, 0.1) is 6.92 Å². The van der Waals surface area contributed by atoms with Gasteiger partial charge in [-0.15, -0.1) is 0 Å². The maximum atomic E-state index is 6.04. The van der Waals surface area contributed by atoms with Crippen LogP contribution in [0.1, 0.15) is 11.1 Å². The molecule has 0 atom stereocenters. The third-order valence-corrected chi connectivity index (χ3v) is 3.14. The number of aryl methyl sites for hydroxylation is 1. The molecule has 0 amide bonds. The summed E-state index contributed by atoms with van der Waals surface area (Å²) in [6.45, 7) is 3.04. The summed E-state index contributed by atoms with van der Waals surface area (Å²) in [7, 11) is 2.08. The third kappa shape index (κ3) is 2.80. The molecule has 0 unspecified atom stereocenters. The molecule has 1 aromatic carbocycles. The number of anilines is 2. The summed E-state index contributed by atoms with van der Waals surface area (Å²) in [4.78, 5) is 6.24. The van der Waals surface area contributed by atoms with Gasteiger partial charge in [-0.2, -0.15) is 0 Å².